The van der Waals surface area contributed by atoms with Crippen LogP contribution in [0.3, 0.4) is 0 Å². The van der Waals surface area contributed by atoms with Crippen LogP contribution in [0.15, 0.2) is 54.1 Å². The van der Waals surface area contributed by atoms with Crippen LogP contribution in [0, 0.1) is 0 Å². The van der Waals surface area contributed by atoms with Gasteiger partial charge in [-0.2, -0.15) is 0 Å². The fourth-order valence-electron chi connectivity index (χ4n) is 2.96. The zero-order valence-electron chi connectivity index (χ0n) is 12.3. The van der Waals surface area contributed by atoms with Crippen molar-refractivity contribution in [1.82, 2.24) is 0 Å². The van der Waals surface area contributed by atoms with Crippen molar-refractivity contribution in [3.05, 3.63) is 65.2 Å². The fraction of sp³-hybridized carbons (Fsp3) is 0.105. The lowest BCUT2D eigenvalue weighted by Crippen LogP contribution is -2.19. The molecule has 0 aromatic heterocycles. The summed E-state index contributed by atoms with van der Waals surface area (Å²) in [5.41, 5.74) is 3.06. The Morgan fingerprint density at radius 1 is 0.682 bits per heavy atom. The van der Waals surface area contributed by atoms with E-state index in [4.69, 9.17) is 0 Å². The van der Waals surface area contributed by atoms with Crippen LogP contribution in [0.25, 0.3) is 16.7 Å². The minimum absolute atomic E-state index is 0.0213. The van der Waals surface area contributed by atoms with E-state index >= 15 is 0 Å². The lowest BCUT2D eigenvalue weighted by Gasteiger charge is -2.22. The van der Waals surface area contributed by atoms with Crippen LogP contribution in [0.1, 0.15) is 29.8 Å². The number of hydrogen-bond donors (Lipinski definition) is 0. The van der Waals surface area contributed by atoms with Gasteiger partial charge in [-0.25, -0.2) is 0 Å². The number of carbonyl (C=O) groups excluding carboxylic acids is 3. The highest BCUT2D eigenvalue weighted by Crippen LogP contribution is 2.40. The Morgan fingerprint density at radius 2 is 1.09 bits per heavy atom. The predicted octanol–water partition coefficient (Wildman–Crippen LogP) is 3.48. The fourth-order valence-corrected chi connectivity index (χ4v) is 2.96. The van der Waals surface area contributed by atoms with Crippen molar-refractivity contribution in [3.8, 4) is 11.1 Å². The molecule has 0 saturated heterocycles. The molecule has 0 fully saturated rings. The van der Waals surface area contributed by atoms with Gasteiger partial charge in [-0.3, -0.25) is 14.4 Å². The molecule has 2 aromatic rings. The monoisotopic (exact) mass is 290 g/mol. The van der Waals surface area contributed by atoms with Crippen LogP contribution < -0.4 is 0 Å². The van der Waals surface area contributed by atoms with Gasteiger partial charge in [-0.1, -0.05) is 48.5 Å². The molecular weight excluding hydrogens is 276 g/mol. The summed E-state index contributed by atoms with van der Waals surface area (Å²) >= 11 is 0. The van der Waals surface area contributed by atoms with Gasteiger partial charge in [0.15, 0.2) is 17.3 Å². The predicted molar refractivity (Wildman–Crippen MR) is 84.5 cm³/mol. The van der Waals surface area contributed by atoms with Crippen molar-refractivity contribution in [2.75, 3.05) is 0 Å². The molecule has 0 saturated carbocycles. The first-order valence-electron chi connectivity index (χ1n) is 7.02. The zero-order chi connectivity index (χ0) is 15.9. The number of ketones is 3. The first-order chi connectivity index (χ1) is 10.5. The van der Waals surface area contributed by atoms with E-state index in [2.05, 4.69) is 0 Å². The van der Waals surface area contributed by atoms with Crippen LogP contribution in [-0.2, 0) is 9.59 Å². The van der Waals surface area contributed by atoms with Crippen LogP contribution in [-0.4, -0.2) is 17.3 Å². The number of fused-ring (bicyclic) bond motifs is 3. The van der Waals surface area contributed by atoms with E-state index < -0.39 is 0 Å². The average Bonchev–Trinajstić information content (AvgIpc) is 2.50. The maximum Gasteiger partial charge on any atom is 0.195 e. The smallest absolute Gasteiger partial charge is 0.195 e. The highest BCUT2D eigenvalue weighted by atomic mass is 16.2. The third kappa shape index (κ3) is 2.02. The summed E-state index contributed by atoms with van der Waals surface area (Å²) in [5, 5.41) is 0. The number of Topliss-reactive ketones (excluding diaryl/α,β-unsaturated/α-hetero) is 3. The molecule has 0 bridgehead atoms. The van der Waals surface area contributed by atoms with Gasteiger partial charge in [0.25, 0.3) is 0 Å². The van der Waals surface area contributed by atoms with Crippen LogP contribution >= 0.6 is 0 Å². The molecule has 3 rings (SSSR count). The molecule has 3 nitrogen and oxygen atoms in total. The second-order valence-corrected chi connectivity index (χ2v) is 5.28. The first kappa shape index (κ1) is 14.1. The van der Waals surface area contributed by atoms with Gasteiger partial charge in [-0.05, 0) is 30.5 Å². The second-order valence-electron chi connectivity index (χ2n) is 5.28. The molecule has 22 heavy (non-hydrogen) atoms. The van der Waals surface area contributed by atoms with Gasteiger partial charge in [0.05, 0.1) is 5.57 Å². The number of benzene rings is 2. The van der Waals surface area contributed by atoms with Crippen LogP contribution in [0.2, 0.25) is 0 Å². The minimum Gasteiger partial charge on any atom is -0.294 e. The summed E-state index contributed by atoms with van der Waals surface area (Å²) in [6, 6.07) is 14.6. The lowest BCUT2D eigenvalue weighted by molar-refractivity contribution is -0.119. The van der Waals surface area contributed by atoms with E-state index in [0.717, 1.165) is 11.1 Å². The lowest BCUT2D eigenvalue weighted by atomic mass is 9.78. The molecule has 1 aliphatic rings. The largest absolute Gasteiger partial charge is 0.294 e. The zero-order valence-corrected chi connectivity index (χ0v) is 12.3. The Balaban J connectivity index is 2.45. The summed E-state index contributed by atoms with van der Waals surface area (Å²) in [6.07, 6.45) is 0. The topological polar surface area (TPSA) is 51.2 Å². The Labute approximate surface area is 128 Å². The Kier molecular flexibility index (Phi) is 3.33. The van der Waals surface area contributed by atoms with Crippen LogP contribution in [0.4, 0.5) is 0 Å². The highest BCUT2D eigenvalue weighted by molar-refractivity contribution is 6.42. The van der Waals surface area contributed by atoms with E-state index in [1.807, 2.05) is 24.3 Å². The summed E-state index contributed by atoms with van der Waals surface area (Å²) in [6.45, 7) is 2.64. The molecule has 0 radical (unpaired) electrons. The molecule has 1 aliphatic carbocycles. The van der Waals surface area contributed by atoms with E-state index in [9.17, 15) is 14.4 Å². The van der Waals surface area contributed by atoms with Crippen molar-refractivity contribution in [2.24, 2.45) is 0 Å². The van der Waals surface area contributed by atoms with Crippen LogP contribution in [0.5, 0.6) is 0 Å². The molecular formula is C19H14O3. The normalized spacial score (nSPS) is 12.5. The van der Waals surface area contributed by atoms with E-state index in [0.29, 0.717) is 11.1 Å². The summed E-state index contributed by atoms with van der Waals surface area (Å²) in [4.78, 5) is 36.7. The average molecular weight is 290 g/mol. The quantitative estimate of drug-likeness (QED) is 0.483. The van der Waals surface area contributed by atoms with Gasteiger partial charge in [0.2, 0.25) is 0 Å². The van der Waals surface area contributed by atoms with Gasteiger partial charge in [0, 0.05) is 11.1 Å². The summed E-state index contributed by atoms with van der Waals surface area (Å²) in [5.74, 6) is -1.04. The maximum atomic E-state index is 12.9. The molecule has 0 aliphatic heterocycles. The molecule has 3 heteroatoms. The number of allylic oxidation sites excluding steroid dienone is 2. The molecule has 0 atom stereocenters. The number of rotatable bonds is 2. The second kappa shape index (κ2) is 5.19. The Hall–Kier alpha value is -2.81. The van der Waals surface area contributed by atoms with Gasteiger partial charge in [-0.15, -0.1) is 0 Å². The summed E-state index contributed by atoms with van der Waals surface area (Å²) in [7, 11) is 0. The van der Waals surface area contributed by atoms with Gasteiger partial charge >= 0.3 is 0 Å². The first-order valence-corrected chi connectivity index (χ1v) is 7.02. The standard InChI is InChI=1S/C19H14O3/c1-11(20)17(12(2)21)18-15-9-5-3-7-13(15)14-8-4-6-10-16(14)19(18)22/h3-10H,1-2H3. The molecule has 0 heterocycles. The van der Waals surface area contributed by atoms with Crippen molar-refractivity contribution in [2.45, 2.75) is 13.8 Å². The van der Waals surface area contributed by atoms with Gasteiger partial charge < -0.3 is 0 Å². The third-order valence-electron chi connectivity index (χ3n) is 3.84. The molecule has 0 N–H and O–H groups in total. The number of hydrogen-bond acceptors (Lipinski definition) is 3. The molecule has 0 amide bonds. The van der Waals surface area contributed by atoms with Gasteiger partial charge in [0.1, 0.15) is 0 Å². The van der Waals surface area contributed by atoms with Crippen molar-refractivity contribution >= 4 is 22.9 Å². The Bertz CT molecular complexity index is 840. The Morgan fingerprint density at radius 3 is 1.59 bits per heavy atom. The minimum atomic E-state index is -0.384. The van der Waals surface area contributed by atoms with Crippen molar-refractivity contribution in [3.63, 3.8) is 0 Å². The SMILES string of the molecule is CC(=O)C(C(C)=O)=C1C(=O)c2ccccc2-c2ccccc21. The highest BCUT2D eigenvalue weighted by Gasteiger charge is 2.31. The summed E-state index contributed by atoms with van der Waals surface area (Å²) < 4.78 is 0. The van der Waals surface area contributed by atoms with Crippen molar-refractivity contribution in [1.29, 1.82) is 0 Å². The number of carbonyl (C=O) groups is 3. The van der Waals surface area contributed by atoms with Crippen molar-refractivity contribution < 1.29 is 14.4 Å². The van der Waals surface area contributed by atoms with E-state index in [-0.39, 0.29) is 28.5 Å². The molecule has 0 unspecified atom stereocenters. The molecule has 108 valence electrons. The molecule has 2 aromatic carbocycles. The van der Waals surface area contributed by atoms with E-state index in [1.54, 1.807) is 24.3 Å². The third-order valence-corrected chi connectivity index (χ3v) is 3.84. The maximum absolute atomic E-state index is 12.9. The van der Waals surface area contributed by atoms with E-state index in [1.165, 1.54) is 13.8 Å². The molecule has 0 spiro atoms.